The molecule has 1 fully saturated rings. The summed E-state index contributed by atoms with van der Waals surface area (Å²) in [6.45, 7) is 0.669. The van der Waals surface area contributed by atoms with Gasteiger partial charge in [-0.2, -0.15) is 13.2 Å². The molecule has 0 aliphatic carbocycles. The highest BCUT2D eigenvalue weighted by atomic mass is 35.5. The number of nitrogens with one attached hydrogen (secondary N) is 1. The van der Waals surface area contributed by atoms with E-state index < -0.39 is 18.0 Å². The van der Waals surface area contributed by atoms with Gasteiger partial charge in [-0.25, -0.2) is 4.79 Å². The topological polar surface area (TPSA) is 71.3 Å². The fourth-order valence-electron chi connectivity index (χ4n) is 2.63. The van der Waals surface area contributed by atoms with Crippen molar-refractivity contribution in [1.29, 1.82) is 0 Å². The highest BCUT2D eigenvalue weighted by Gasteiger charge is 2.39. The van der Waals surface area contributed by atoms with Gasteiger partial charge in [-0.05, 0) is 25.0 Å². The van der Waals surface area contributed by atoms with E-state index in [1.807, 2.05) is 0 Å². The number of halogens is 4. The second-order valence-electron chi connectivity index (χ2n) is 5.64. The quantitative estimate of drug-likeness (QED) is 0.857. The Bertz CT molecular complexity index is 765. The zero-order valence-corrected chi connectivity index (χ0v) is 13.6. The Morgan fingerprint density at radius 3 is 2.76 bits per heavy atom. The molecule has 3 rings (SSSR count). The van der Waals surface area contributed by atoms with Crippen molar-refractivity contribution in [1.82, 2.24) is 15.1 Å². The number of urea groups is 1. The lowest BCUT2D eigenvalue weighted by molar-refractivity contribution is -0.157. The first-order valence-corrected chi connectivity index (χ1v) is 7.93. The molecule has 25 heavy (non-hydrogen) atoms. The smallest absolute Gasteiger partial charge is 0.417 e. The summed E-state index contributed by atoms with van der Waals surface area (Å²) in [6, 6.07) is 6.40. The number of alkyl halides is 3. The van der Waals surface area contributed by atoms with Crippen molar-refractivity contribution in [2.45, 2.75) is 24.9 Å². The molecule has 1 aliphatic rings. The summed E-state index contributed by atoms with van der Waals surface area (Å²) in [5.41, 5.74) is 0.466. The number of benzene rings is 1. The average Bonchev–Trinajstić information content (AvgIpc) is 3.07. The van der Waals surface area contributed by atoms with Crippen molar-refractivity contribution in [2.75, 3.05) is 18.4 Å². The van der Waals surface area contributed by atoms with Crippen LogP contribution in [0.15, 0.2) is 28.7 Å². The zero-order chi connectivity index (χ0) is 18.0. The molecule has 1 aromatic carbocycles. The van der Waals surface area contributed by atoms with Crippen molar-refractivity contribution in [3.05, 3.63) is 41.1 Å². The Labute approximate surface area is 146 Å². The normalized spacial score (nSPS) is 18.2. The molecule has 0 bridgehead atoms. The third-order valence-corrected chi connectivity index (χ3v) is 4.19. The van der Waals surface area contributed by atoms with E-state index in [0.29, 0.717) is 30.1 Å². The van der Waals surface area contributed by atoms with E-state index in [2.05, 4.69) is 15.5 Å². The van der Waals surface area contributed by atoms with E-state index in [9.17, 15) is 18.0 Å². The first-order valence-electron chi connectivity index (χ1n) is 7.55. The van der Waals surface area contributed by atoms with Crippen LogP contribution in [0.2, 0.25) is 5.02 Å². The minimum Gasteiger partial charge on any atom is -0.417 e. The summed E-state index contributed by atoms with van der Waals surface area (Å²) in [5.74, 6) is -1.92. The molecule has 1 saturated heterocycles. The Morgan fingerprint density at radius 1 is 1.32 bits per heavy atom. The van der Waals surface area contributed by atoms with Crippen LogP contribution in [-0.4, -0.2) is 34.2 Å². The highest BCUT2D eigenvalue weighted by molar-refractivity contribution is 6.33. The number of carbonyl (C=O) groups is 1. The largest absolute Gasteiger partial charge is 0.470 e. The number of likely N-dealkylation sites (tertiary alicyclic amines) is 1. The van der Waals surface area contributed by atoms with E-state index >= 15 is 0 Å². The van der Waals surface area contributed by atoms with Gasteiger partial charge in [0, 0.05) is 13.1 Å². The minimum absolute atomic E-state index is 0.109. The molecule has 1 N–H and O–H groups in total. The maximum Gasteiger partial charge on any atom is 0.470 e. The number of hydrogen-bond acceptors (Lipinski definition) is 4. The van der Waals surface area contributed by atoms with Crippen LogP contribution in [-0.2, 0) is 6.18 Å². The van der Waals surface area contributed by atoms with E-state index in [1.165, 1.54) is 4.90 Å². The first-order chi connectivity index (χ1) is 11.8. The summed E-state index contributed by atoms with van der Waals surface area (Å²) in [5, 5.41) is 9.60. The van der Waals surface area contributed by atoms with Crippen LogP contribution >= 0.6 is 11.6 Å². The van der Waals surface area contributed by atoms with Gasteiger partial charge in [0.05, 0.1) is 16.6 Å². The molecule has 2 amide bonds. The third kappa shape index (κ3) is 4.04. The minimum atomic E-state index is -4.68. The molecular formula is C15H14ClF3N4O2. The van der Waals surface area contributed by atoms with Gasteiger partial charge < -0.3 is 14.6 Å². The molecular weight excluding hydrogens is 361 g/mol. The van der Waals surface area contributed by atoms with E-state index in [0.717, 1.165) is 0 Å². The number of carbonyl (C=O) groups excluding carboxylic acids is 1. The predicted molar refractivity (Wildman–Crippen MR) is 83.3 cm³/mol. The van der Waals surface area contributed by atoms with E-state index in [-0.39, 0.29) is 18.5 Å². The lowest BCUT2D eigenvalue weighted by atomic mass is 9.98. The summed E-state index contributed by atoms with van der Waals surface area (Å²) in [7, 11) is 0. The van der Waals surface area contributed by atoms with Crippen LogP contribution in [0.3, 0.4) is 0 Å². The molecule has 134 valence electrons. The number of para-hydroxylation sites is 1. The van der Waals surface area contributed by atoms with E-state index in [1.54, 1.807) is 24.3 Å². The Morgan fingerprint density at radius 2 is 2.08 bits per heavy atom. The summed E-state index contributed by atoms with van der Waals surface area (Å²) in [4.78, 5) is 13.9. The molecule has 0 radical (unpaired) electrons. The SMILES string of the molecule is O=C(Nc1ccccc1Cl)N1CCCC(c2nnc(C(F)(F)F)o2)C1. The summed E-state index contributed by atoms with van der Waals surface area (Å²) >= 11 is 6.00. The lowest BCUT2D eigenvalue weighted by Crippen LogP contribution is -2.41. The summed E-state index contributed by atoms with van der Waals surface area (Å²) in [6.07, 6.45) is -3.50. The molecule has 0 spiro atoms. The van der Waals surface area contributed by atoms with Gasteiger partial charge in [0.2, 0.25) is 5.89 Å². The van der Waals surface area contributed by atoms with Gasteiger partial charge in [-0.15, -0.1) is 10.2 Å². The number of nitrogens with zero attached hydrogens (tertiary/aromatic N) is 3. The Hall–Kier alpha value is -2.29. The van der Waals surface area contributed by atoms with Crippen molar-refractivity contribution in [3.63, 3.8) is 0 Å². The predicted octanol–water partition coefficient (Wildman–Crippen LogP) is 4.15. The Balaban J connectivity index is 1.67. The number of aromatic nitrogens is 2. The van der Waals surface area contributed by atoms with Gasteiger partial charge in [-0.1, -0.05) is 23.7 Å². The molecule has 1 unspecified atom stereocenters. The second-order valence-corrected chi connectivity index (χ2v) is 6.05. The van der Waals surface area contributed by atoms with Crippen molar-refractivity contribution in [2.24, 2.45) is 0 Å². The van der Waals surface area contributed by atoms with Crippen LogP contribution < -0.4 is 5.32 Å². The van der Waals surface area contributed by atoms with Crippen molar-refractivity contribution in [3.8, 4) is 0 Å². The molecule has 10 heteroatoms. The average molecular weight is 375 g/mol. The standard InChI is InChI=1S/C15H14ClF3N4O2/c16-10-5-1-2-6-11(10)20-14(24)23-7-3-4-9(8-23)12-21-22-13(25-12)15(17,18)19/h1-2,5-6,9H,3-4,7-8H2,(H,20,24). The number of hydrogen-bond donors (Lipinski definition) is 1. The van der Waals surface area contributed by atoms with Gasteiger partial charge >= 0.3 is 18.1 Å². The molecule has 0 saturated carbocycles. The first kappa shape index (κ1) is 17.5. The summed E-state index contributed by atoms with van der Waals surface area (Å²) < 4.78 is 42.4. The van der Waals surface area contributed by atoms with Gasteiger partial charge in [0.1, 0.15) is 0 Å². The lowest BCUT2D eigenvalue weighted by Gasteiger charge is -2.31. The van der Waals surface area contributed by atoms with Crippen molar-refractivity contribution < 1.29 is 22.4 Å². The number of piperidine rings is 1. The third-order valence-electron chi connectivity index (χ3n) is 3.86. The Kier molecular flexibility index (Phi) is 4.85. The fourth-order valence-corrected chi connectivity index (χ4v) is 2.82. The van der Waals surface area contributed by atoms with Crippen LogP contribution in [0.1, 0.15) is 30.5 Å². The van der Waals surface area contributed by atoms with Crippen LogP contribution in [0.4, 0.5) is 23.7 Å². The monoisotopic (exact) mass is 374 g/mol. The second kappa shape index (κ2) is 6.91. The van der Waals surface area contributed by atoms with Gasteiger partial charge in [0.25, 0.3) is 0 Å². The number of amides is 2. The molecule has 1 aromatic heterocycles. The molecule has 1 atom stereocenters. The van der Waals surface area contributed by atoms with E-state index in [4.69, 9.17) is 16.0 Å². The maximum absolute atomic E-state index is 12.6. The molecule has 2 aromatic rings. The molecule has 6 nitrogen and oxygen atoms in total. The number of anilines is 1. The van der Waals surface area contributed by atoms with Crippen LogP contribution in [0.25, 0.3) is 0 Å². The maximum atomic E-state index is 12.6. The highest BCUT2D eigenvalue weighted by Crippen LogP contribution is 2.32. The number of rotatable bonds is 2. The van der Waals surface area contributed by atoms with Crippen molar-refractivity contribution >= 4 is 23.3 Å². The van der Waals surface area contributed by atoms with Gasteiger partial charge in [-0.3, -0.25) is 0 Å². The fraction of sp³-hybridized carbons (Fsp3) is 0.400. The van der Waals surface area contributed by atoms with Gasteiger partial charge in [0.15, 0.2) is 0 Å². The zero-order valence-electron chi connectivity index (χ0n) is 12.9. The van der Waals surface area contributed by atoms with Crippen LogP contribution in [0, 0.1) is 0 Å². The van der Waals surface area contributed by atoms with Crippen LogP contribution in [0.5, 0.6) is 0 Å². The molecule has 1 aliphatic heterocycles. The molecule has 2 heterocycles.